The number of carbonyl (C=O) groups excluding carboxylic acids is 2. The predicted octanol–water partition coefficient (Wildman–Crippen LogP) is 1.89. The van der Waals surface area contributed by atoms with Crippen LogP contribution in [0.1, 0.15) is 22.8 Å². The fourth-order valence-corrected chi connectivity index (χ4v) is 1.82. The van der Waals surface area contributed by atoms with Crippen molar-refractivity contribution in [3.63, 3.8) is 0 Å². The Morgan fingerprint density at radius 2 is 1.90 bits per heavy atom. The Morgan fingerprint density at radius 3 is 2.57 bits per heavy atom. The average Bonchev–Trinajstić information content (AvgIpc) is 2.42. The number of nitrogens with one attached hydrogen (secondary N) is 3. The largest absolute Gasteiger partial charge is 0.367 e. The summed E-state index contributed by atoms with van der Waals surface area (Å²) in [5.41, 5.74) is 1.65. The summed E-state index contributed by atoms with van der Waals surface area (Å²) in [6.45, 7) is 3.26. The highest BCUT2D eigenvalue weighted by Gasteiger charge is 2.10. The standard InChI is InChI=1S/C15H15N3O3/c1-9-3-4-11(7-13(9)17-10(2)19)18-15(21)12-8-16-6-5-14(12)20/h3-8H,1-2H3,(H,16,20)(H,17,19)(H,18,21). The van der Waals surface area contributed by atoms with E-state index in [9.17, 15) is 14.4 Å². The van der Waals surface area contributed by atoms with Crippen molar-refractivity contribution >= 4 is 23.2 Å². The smallest absolute Gasteiger partial charge is 0.261 e. The second-order valence-corrected chi connectivity index (χ2v) is 4.59. The van der Waals surface area contributed by atoms with E-state index in [0.717, 1.165) is 5.56 Å². The van der Waals surface area contributed by atoms with Crippen LogP contribution in [0.2, 0.25) is 0 Å². The van der Waals surface area contributed by atoms with Gasteiger partial charge in [-0.2, -0.15) is 0 Å². The van der Waals surface area contributed by atoms with E-state index in [2.05, 4.69) is 15.6 Å². The maximum absolute atomic E-state index is 12.0. The van der Waals surface area contributed by atoms with E-state index in [1.165, 1.54) is 25.4 Å². The molecular formula is C15H15N3O3. The Hall–Kier alpha value is -2.89. The zero-order valence-electron chi connectivity index (χ0n) is 11.7. The number of aryl methyl sites for hydroxylation is 1. The Morgan fingerprint density at radius 1 is 1.14 bits per heavy atom. The fraction of sp³-hybridized carbons (Fsp3) is 0.133. The number of rotatable bonds is 3. The molecule has 0 aliphatic rings. The highest BCUT2D eigenvalue weighted by molar-refractivity contribution is 6.04. The van der Waals surface area contributed by atoms with Gasteiger partial charge in [-0.3, -0.25) is 14.4 Å². The SMILES string of the molecule is CC(=O)Nc1cc(NC(=O)c2c[nH]ccc2=O)ccc1C. The van der Waals surface area contributed by atoms with Gasteiger partial charge in [-0.1, -0.05) is 6.07 Å². The molecule has 0 unspecified atom stereocenters. The first-order valence-electron chi connectivity index (χ1n) is 6.34. The molecule has 1 heterocycles. The molecule has 0 spiro atoms. The van der Waals surface area contributed by atoms with Gasteiger partial charge in [-0.15, -0.1) is 0 Å². The number of hydrogen-bond acceptors (Lipinski definition) is 3. The van der Waals surface area contributed by atoms with Crippen LogP contribution in [0, 0.1) is 6.92 Å². The van der Waals surface area contributed by atoms with Gasteiger partial charge in [-0.25, -0.2) is 0 Å². The maximum Gasteiger partial charge on any atom is 0.261 e. The molecule has 2 amide bonds. The second-order valence-electron chi connectivity index (χ2n) is 4.59. The number of amides is 2. The third-order valence-electron chi connectivity index (χ3n) is 2.87. The minimum Gasteiger partial charge on any atom is -0.367 e. The quantitative estimate of drug-likeness (QED) is 0.804. The molecule has 108 valence electrons. The third-order valence-corrected chi connectivity index (χ3v) is 2.87. The first kappa shape index (κ1) is 14.5. The molecule has 3 N–H and O–H groups in total. The molecule has 0 aliphatic heterocycles. The Kier molecular flexibility index (Phi) is 4.18. The van der Waals surface area contributed by atoms with Crippen LogP contribution >= 0.6 is 0 Å². The van der Waals surface area contributed by atoms with Gasteiger partial charge >= 0.3 is 0 Å². The molecule has 0 saturated heterocycles. The van der Waals surface area contributed by atoms with Gasteiger partial charge < -0.3 is 15.6 Å². The van der Waals surface area contributed by atoms with E-state index in [1.54, 1.807) is 18.2 Å². The number of aromatic amines is 1. The van der Waals surface area contributed by atoms with Crippen molar-refractivity contribution in [1.29, 1.82) is 0 Å². The maximum atomic E-state index is 12.0. The number of benzene rings is 1. The summed E-state index contributed by atoms with van der Waals surface area (Å²) in [6.07, 6.45) is 2.81. The summed E-state index contributed by atoms with van der Waals surface area (Å²) in [6, 6.07) is 6.41. The molecule has 2 rings (SSSR count). The lowest BCUT2D eigenvalue weighted by Crippen LogP contribution is -2.21. The molecule has 6 heteroatoms. The highest BCUT2D eigenvalue weighted by Crippen LogP contribution is 2.20. The van der Waals surface area contributed by atoms with Gasteiger partial charge in [0.15, 0.2) is 5.43 Å². The minimum absolute atomic E-state index is 0.0270. The zero-order valence-corrected chi connectivity index (χ0v) is 11.7. The molecule has 0 bridgehead atoms. The molecule has 0 fully saturated rings. The van der Waals surface area contributed by atoms with Crippen molar-refractivity contribution in [2.75, 3.05) is 10.6 Å². The molecule has 2 aromatic rings. The molecular weight excluding hydrogens is 270 g/mol. The molecule has 0 aliphatic carbocycles. The number of pyridine rings is 1. The van der Waals surface area contributed by atoms with Crippen LogP contribution in [-0.4, -0.2) is 16.8 Å². The van der Waals surface area contributed by atoms with E-state index in [0.29, 0.717) is 11.4 Å². The van der Waals surface area contributed by atoms with Gasteiger partial charge in [0.2, 0.25) is 5.91 Å². The van der Waals surface area contributed by atoms with Crippen LogP contribution in [0.25, 0.3) is 0 Å². The lowest BCUT2D eigenvalue weighted by molar-refractivity contribution is -0.114. The topological polar surface area (TPSA) is 91.1 Å². The summed E-state index contributed by atoms with van der Waals surface area (Å²) in [5.74, 6) is -0.699. The zero-order chi connectivity index (χ0) is 15.4. The molecule has 1 aromatic heterocycles. The lowest BCUT2D eigenvalue weighted by atomic mass is 10.1. The van der Waals surface area contributed by atoms with Gasteiger partial charge in [0.1, 0.15) is 5.56 Å². The molecule has 0 atom stereocenters. The predicted molar refractivity (Wildman–Crippen MR) is 80.5 cm³/mol. The van der Waals surface area contributed by atoms with Crippen LogP contribution in [0.4, 0.5) is 11.4 Å². The lowest BCUT2D eigenvalue weighted by Gasteiger charge is -2.10. The summed E-state index contributed by atoms with van der Waals surface area (Å²) >= 11 is 0. The van der Waals surface area contributed by atoms with Crippen LogP contribution < -0.4 is 16.1 Å². The van der Waals surface area contributed by atoms with Gasteiger partial charge in [0, 0.05) is 36.8 Å². The highest BCUT2D eigenvalue weighted by atomic mass is 16.2. The van der Waals surface area contributed by atoms with Crippen molar-refractivity contribution in [3.8, 4) is 0 Å². The van der Waals surface area contributed by atoms with Crippen LogP contribution in [0.15, 0.2) is 41.5 Å². The van der Waals surface area contributed by atoms with E-state index in [-0.39, 0.29) is 16.9 Å². The molecule has 6 nitrogen and oxygen atoms in total. The van der Waals surface area contributed by atoms with Crippen molar-refractivity contribution in [2.45, 2.75) is 13.8 Å². The van der Waals surface area contributed by atoms with Crippen molar-refractivity contribution in [1.82, 2.24) is 4.98 Å². The number of aromatic nitrogens is 1. The minimum atomic E-state index is -0.505. The van der Waals surface area contributed by atoms with Crippen molar-refractivity contribution < 1.29 is 9.59 Å². The van der Waals surface area contributed by atoms with Crippen LogP contribution in [0.3, 0.4) is 0 Å². The summed E-state index contributed by atoms with van der Waals surface area (Å²) in [4.78, 5) is 37.4. The van der Waals surface area contributed by atoms with Gasteiger partial charge in [0.25, 0.3) is 5.91 Å². The van der Waals surface area contributed by atoms with E-state index in [1.807, 2.05) is 6.92 Å². The third kappa shape index (κ3) is 3.56. The van der Waals surface area contributed by atoms with Crippen molar-refractivity contribution in [3.05, 3.63) is 58.0 Å². The first-order chi connectivity index (χ1) is 9.97. The Balaban J connectivity index is 2.24. The van der Waals surface area contributed by atoms with Gasteiger partial charge in [-0.05, 0) is 24.6 Å². The summed E-state index contributed by atoms with van der Waals surface area (Å²) in [7, 11) is 0. The fourth-order valence-electron chi connectivity index (χ4n) is 1.82. The molecule has 21 heavy (non-hydrogen) atoms. The van der Waals surface area contributed by atoms with E-state index >= 15 is 0 Å². The summed E-state index contributed by atoms with van der Waals surface area (Å²) < 4.78 is 0. The van der Waals surface area contributed by atoms with Gasteiger partial charge in [0.05, 0.1) is 0 Å². The first-order valence-corrected chi connectivity index (χ1v) is 6.34. The molecule has 1 aromatic carbocycles. The van der Waals surface area contributed by atoms with Crippen LogP contribution in [-0.2, 0) is 4.79 Å². The van der Waals surface area contributed by atoms with Crippen LogP contribution in [0.5, 0.6) is 0 Å². The Labute approximate surface area is 121 Å². The number of anilines is 2. The Bertz CT molecular complexity index is 750. The van der Waals surface area contributed by atoms with E-state index < -0.39 is 5.91 Å². The number of H-pyrrole nitrogens is 1. The number of hydrogen-bond donors (Lipinski definition) is 3. The monoisotopic (exact) mass is 285 g/mol. The van der Waals surface area contributed by atoms with Crippen molar-refractivity contribution in [2.24, 2.45) is 0 Å². The number of carbonyl (C=O) groups is 2. The summed E-state index contributed by atoms with van der Waals surface area (Å²) in [5, 5.41) is 5.31. The average molecular weight is 285 g/mol. The normalized spacial score (nSPS) is 10.0. The molecule has 0 radical (unpaired) electrons. The second kappa shape index (κ2) is 6.04. The molecule has 0 saturated carbocycles. The van der Waals surface area contributed by atoms with E-state index in [4.69, 9.17) is 0 Å².